The highest BCUT2D eigenvalue weighted by Crippen LogP contribution is 2.35. The monoisotopic (exact) mass is 281 g/mol. The summed E-state index contributed by atoms with van der Waals surface area (Å²) in [6.45, 7) is 0.103. The molecule has 0 radical (unpaired) electrons. The first-order valence-corrected chi connectivity index (χ1v) is 5.57. The maximum Gasteiger partial charge on any atom is 0.256 e. The number of nitrogens with one attached hydrogen (secondary N) is 1. The van der Waals surface area contributed by atoms with Gasteiger partial charge in [0.15, 0.2) is 11.5 Å². The molecule has 0 aliphatic carbocycles. The molecule has 0 aliphatic rings. The number of terminal acetylenes is 1. The normalized spacial score (nSPS) is 9.95. The Bertz CT molecular complexity index is 545. The van der Waals surface area contributed by atoms with E-state index in [-0.39, 0.29) is 12.6 Å². The molecule has 5 N–H and O–H groups in total. The first kappa shape index (κ1) is 14.7. The van der Waals surface area contributed by atoms with Gasteiger partial charge in [-0.05, 0) is 12.1 Å². The molecule has 1 aromatic rings. The third-order valence-electron chi connectivity index (χ3n) is 1.98. The third-order valence-corrected chi connectivity index (χ3v) is 2.26. The van der Waals surface area contributed by atoms with Gasteiger partial charge in [0.05, 0.1) is 12.1 Å². The largest absolute Gasteiger partial charge is 0.493 e. The standard InChI is InChI=1S/C12H13ClN4O2/c1-3-4-19-11-9(13)5-8(6-10(11)18-2)7-16-17-12(14)15/h1,5-7H,4H2,2H3,(H4,14,15,17)/p+1/b16-7+. The van der Waals surface area contributed by atoms with E-state index in [0.717, 1.165) is 0 Å². The van der Waals surface area contributed by atoms with E-state index in [9.17, 15) is 0 Å². The average molecular weight is 282 g/mol. The minimum Gasteiger partial charge on any atom is -0.493 e. The number of rotatable bonds is 5. The van der Waals surface area contributed by atoms with Crippen molar-refractivity contribution in [2.24, 2.45) is 16.6 Å². The van der Waals surface area contributed by atoms with Gasteiger partial charge in [0.25, 0.3) is 5.96 Å². The molecule has 0 heterocycles. The molecule has 0 amide bonds. The number of hydrogen-bond donors (Lipinski definition) is 3. The molecule has 0 spiro atoms. The summed E-state index contributed by atoms with van der Waals surface area (Å²) in [6, 6.07) is 3.36. The molecule has 19 heavy (non-hydrogen) atoms. The number of nitrogens with two attached hydrogens (primary N) is 2. The van der Waals surface area contributed by atoms with Crippen LogP contribution in [-0.2, 0) is 0 Å². The van der Waals surface area contributed by atoms with Crippen molar-refractivity contribution in [3.8, 4) is 23.8 Å². The predicted molar refractivity (Wildman–Crippen MR) is 74.3 cm³/mol. The Labute approximate surface area is 116 Å². The van der Waals surface area contributed by atoms with Crippen LogP contribution in [0, 0.1) is 12.3 Å². The molecule has 0 bridgehead atoms. The van der Waals surface area contributed by atoms with E-state index >= 15 is 0 Å². The maximum absolute atomic E-state index is 6.08. The van der Waals surface area contributed by atoms with Gasteiger partial charge in [-0.15, -0.1) is 11.5 Å². The lowest BCUT2D eigenvalue weighted by molar-refractivity contribution is -0.456. The molecule has 0 saturated heterocycles. The topological polar surface area (TPSA) is 96.8 Å². The number of ether oxygens (including phenoxy) is 2. The number of halogens is 1. The molecule has 0 aliphatic heterocycles. The van der Waals surface area contributed by atoms with E-state index < -0.39 is 0 Å². The Kier molecular flexibility index (Phi) is 5.51. The molecule has 1 rings (SSSR count). The van der Waals surface area contributed by atoms with Crippen molar-refractivity contribution >= 4 is 23.8 Å². The van der Waals surface area contributed by atoms with Crippen molar-refractivity contribution in [1.82, 2.24) is 0 Å². The van der Waals surface area contributed by atoms with E-state index in [2.05, 4.69) is 16.1 Å². The molecular formula is C12H14ClN4O2+. The van der Waals surface area contributed by atoms with E-state index in [4.69, 9.17) is 39.0 Å². The second kappa shape index (κ2) is 7.13. The van der Waals surface area contributed by atoms with Crippen LogP contribution in [-0.4, -0.2) is 25.9 Å². The van der Waals surface area contributed by atoms with Gasteiger partial charge in [-0.25, -0.2) is 0 Å². The van der Waals surface area contributed by atoms with Gasteiger partial charge in [-0.2, -0.15) is 0 Å². The lowest BCUT2D eigenvalue weighted by Crippen LogP contribution is -2.63. The van der Waals surface area contributed by atoms with Crippen LogP contribution in [0.3, 0.4) is 0 Å². The quantitative estimate of drug-likeness (QED) is 0.281. The van der Waals surface area contributed by atoms with Gasteiger partial charge in [0.2, 0.25) is 6.21 Å². The van der Waals surface area contributed by atoms with Crippen LogP contribution < -0.4 is 26.0 Å². The van der Waals surface area contributed by atoms with Crippen LogP contribution in [0.2, 0.25) is 5.02 Å². The summed E-state index contributed by atoms with van der Waals surface area (Å²) in [6.07, 6.45) is 6.68. The Morgan fingerprint density at radius 3 is 2.89 bits per heavy atom. The number of hydrogen-bond acceptors (Lipinski definition) is 3. The molecule has 0 atom stereocenters. The van der Waals surface area contributed by atoms with Gasteiger partial charge in [0, 0.05) is 10.7 Å². The summed E-state index contributed by atoms with van der Waals surface area (Å²) in [5.74, 6) is 3.12. The summed E-state index contributed by atoms with van der Waals surface area (Å²) in [7, 11) is 1.50. The first-order valence-electron chi connectivity index (χ1n) is 5.19. The molecule has 1 aromatic carbocycles. The van der Waals surface area contributed by atoms with Gasteiger partial charge < -0.3 is 20.9 Å². The molecule has 0 fully saturated rings. The lowest BCUT2D eigenvalue weighted by atomic mass is 10.2. The van der Waals surface area contributed by atoms with Gasteiger partial charge in [0.1, 0.15) is 6.61 Å². The van der Waals surface area contributed by atoms with Gasteiger partial charge >= 0.3 is 0 Å². The fourth-order valence-electron chi connectivity index (χ4n) is 1.26. The zero-order valence-electron chi connectivity index (χ0n) is 10.3. The fourth-order valence-corrected chi connectivity index (χ4v) is 1.53. The van der Waals surface area contributed by atoms with E-state index in [1.165, 1.54) is 7.11 Å². The van der Waals surface area contributed by atoms with Crippen LogP contribution >= 0.6 is 11.6 Å². The Balaban J connectivity index is 3.06. The Hall–Kier alpha value is -2.39. The molecule has 0 aromatic heterocycles. The number of hydrazone groups is 1. The van der Waals surface area contributed by atoms with Crippen molar-refractivity contribution in [1.29, 1.82) is 0 Å². The number of benzene rings is 1. The Morgan fingerprint density at radius 1 is 1.58 bits per heavy atom. The second-order valence-electron chi connectivity index (χ2n) is 3.34. The molecule has 7 heteroatoms. The highest BCUT2D eigenvalue weighted by atomic mass is 35.5. The van der Waals surface area contributed by atoms with E-state index in [1.807, 2.05) is 0 Å². The summed E-state index contributed by atoms with van der Waals surface area (Å²) in [5, 5.41) is 6.54. The summed E-state index contributed by atoms with van der Waals surface area (Å²) < 4.78 is 10.5. The van der Waals surface area contributed by atoms with Crippen molar-refractivity contribution in [2.45, 2.75) is 0 Å². The van der Waals surface area contributed by atoms with Crippen LogP contribution in [0.15, 0.2) is 17.2 Å². The summed E-state index contributed by atoms with van der Waals surface area (Å²) in [4.78, 5) is 0. The van der Waals surface area contributed by atoms with E-state index in [0.29, 0.717) is 22.1 Å². The second-order valence-corrected chi connectivity index (χ2v) is 3.74. The van der Waals surface area contributed by atoms with Crippen LogP contribution in [0.25, 0.3) is 0 Å². The van der Waals surface area contributed by atoms with Gasteiger partial charge in [-0.3, -0.25) is 0 Å². The average Bonchev–Trinajstić information content (AvgIpc) is 2.36. The van der Waals surface area contributed by atoms with Crippen LogP contribution in [0.1, 0.15) is 5.56 Å². The van der Waals surface area contributed by atoms with Crippen molar-refractivity contribution < 1.29 is 14.6 Å². The highest BCUT2D eigenvalue weighted by Gasteiger charge is 2.12. The summed E-state index contributed by atoms with van der Waals surface area (Å²) >= 11 is 6.08. The molecule has 0 saturated carbocycles. The molecular weight excluding hydrogens is 268 g/mol. The maximum atomic E-state index is 6.08. The van der Waals surface area contributed by atoms with E-state index in [1.54, 1.807) is 18.3 Å². The first-order chi connectivity index (χ1) is 9.08. The predicted octanol–water partition coefficient (Wildman–Crippen LogP) is -0.951. The number of nitrogens with zero attached hydrogens (tertiary/aromatic N) is 1. The minimum absolute atomic E-state index is 0.0803. The van der Waals surface area contributed by atoms with Gasteiger partial charge in [-0.1, -0.05) is 17.5 Å². The van der Waals surface area contributed by atoms with Crippen molar-refractivity contribution in [3.63, 3.8) is 0 Å². The smallest absolute Gasteiger partial charge is 0.256 e. The van der Waals surface area contributed by atoms with Crippen molar-refractivity contribution in [2.75, 3.05) is 13.7 Å². The summed E-state index contributed by atoms with van der Waals surface area (Å²) in [5.41, 5.74) is 11.1. The highest BCUT2D eigenvalue weighted by molar-refractivity contribution is 6.32. The third kappa shape index (κ3) is 4.41. The van der Waals surface area contributed by atoms with Crippen LogP contribution in [0.4, 0.5) is 0 Å². The SMILES string of the molecule is C#CCOc1c(Cl)cc(/C=[NH+]/N=C(N)N)cc1OC. The lowest BCUT2D eigenvalue weighted by Gasteiger charge is -2.10. The molecule has 0 unspecified atom stereocenters. The zero-order valence-corrected chi connectivity index (χ0v) is 11.1. The fraction of sp³-hybridized carbons (Fsp3) is 0.167. The molecule has 100 valence electrons. The number of guanidine groups is 1. The Morgan fingerprint density at radius 2 is 2.32 bits per heavy atom. The van der Waals surface area contributed by atoms with Crippen LogP contribution in [0.5, 0.6) is 11.5 Å². The molecule has 6 nitrogen and oxygen atoms in total. The zero-order chi connectivity index (χ0) is 14.3. The van der Waals surface area contributed by atoms with Crippen molar-refractivity contribution in [3.05, 3.63) is 22.7 Å². The minimum atomic E-state index is -0.0803. The number of methoxy groups -OCH3 is 1.